The number of nitrogens with zero attached hydrogens (tertiary/aromatic N) is 2. The Hall–Kier alpha value is -1.37. The minimum absolute atomic E-state index is 0.500. The van der Waals surface area contributed by atoms with Gasteiger partial charge in [-0.25, -0.2) is 0 Å². The number of nitrogens with one attached hydrogen (secondary N) is 1. The molecule has 0 radical (unpaired) electrons. The van der Waals surface area contributed by atoms with E-state index in [1.165, 1.54) is 12.8 Å². The van der Waals surface area contributed by atoms with Crippen molar-refractivity contribution in [3.63, 3.8) is 0 Å². The van der Waals surface area contributed by atoms with Crippen LogP contribution in [0, 0.1) is 11.3 Å². The van der Waals surface area contributed by atoms with Crippen molar-refractivity contribution < 1.29 is 0 Å². The van der Waals surface area contributed by atoms with E-state index >= 15 is 0 Å². The summed E-state index contributed by atoms with van der Waals surface area (Å²) in [5.74, 6) is 0. The van der Waals surface area contributed by atoms with Crippen molar-refractivity contribution >= 4 is 0 Å². The highest BCUT2D eigenvalue weighted by Crippen LogP contribution is 2.29. The van der Waals surface area contributed by atoms with Gasteiger partial charge >= 0.3 is 0 Å². The molecule has 1 unspecified atom stereocenters. The van der Waals surface area contributed by atoms with Crippen molar-refractivity contribution in [3.8, 4) is 6.07 Å². The lowest BCUT2D eigenvalue weighted by molar-refractivity contribution is 0.180. The fourth-order valence-corrected chi connectivity index (χ4v) is 3.07. The number of rotatable bonds is 8. The molecule has 0 spiro atoms. The minimum atomic E-state index is -0.597. The first-order valence-corrected chi connectivity index (χ1v) is 8.10. The van der Waals surface area contributed by atoms with Crippen LogP contribution in [-0.2, 0) is 5.54 Å². The Morgan fingerprint density at radius 3 is 2.38 bits per heavy atom. The summed E-state index contributed by atoms with van der Waals surface area (Å²) in [6, 6.07) is 13.8. The van der Waals surface area contributed by atoms with Gasteiger partial charge in [-0.15, -0.1) is 0 Å². The Balaban J connectivity index is 2.25. The molecule has 0 heterocycles. The van der Waals surface area contributed by atoms with Crippen LogP contribution >= 0.6 is 0 Å². The van der Waals surface area contributed by atoms with Gasteiger partial charge in [0.25, 0.3) is 0 Å². The summed E-state index contributed by atoms with van der Waals surface area (Å²) in [6.07, 6.45) is 4.61. The van der Waals surface area contributed by atoms with E-state index in [2.05, 4.69) is 49.3 Å². The lowest BCUT2D eigenvalue weighted by Gasteiger charge is -2.36. The van der Waals surface area contributed by atoms with Crippen molar-refractivity contribution in [1.82, 2.24) is 10.2 Å². The smallest absolute Gasteiger partial charge is 0.145 e. The lowest BCUT2D eigenvalue weighted by atomic mass is 9.89. The fourth-order valence-electron chi connectivity index (χ4n) is 3.07. The zero-order valence-electron chi connectivity index (χ0n) is 13.5. The maximum absolute atomic E-state index is 9.94. The molecule has 1 aliphatic rings. The summed E-state index contributed by atoms with van der Waals surface area (Å²) >= 11 is 0. The van der Waals surface area contributed by atoms with E-state index in [9.17, 15) is 5.26 Å². The van der Waals surface area contributed by atoms with Gasteiger partial charge in [-0.1, -0.05) is 44.2 Å². The highest BCUT2D eigenvalue weighted by molar-refractivity contribution is 5.33. The molecular formula is C18H27N3. The average molecular weight is 285 g/mol. The molecule has 1 saturated carbocycles. The van der Waals surface area contributed by atoms with Gasteiger partial charge in [0.05, 0.1) is 6.07 Å². The van der Waals surface area contributed by atoms with E-state index in [-0.39, 0.29) is 0 Å². The molecule has 0 bridgehead atoms. The molecule has 1 atom stereocenters. The molecule has 0 amide bonds. The molecule has 0 saturated heterocycles. The SMILES string of the molecule is CCC(CC)N(C)CC(C#N)(NC1CC1)c1ccccc1. The third-order valence-corrected chi connectivity index (χ3v) is 4.54. The second-order valence-corrected chi connectivity index (χ2v) is 6.19. The van der Waals surface area contributed by atoms with Crippen LogP contribution in [0.4, 0.5) is 0 Å². The predicted molar refractivity (Wildman–Crippen MR) is 86.9 cm³/mol. The molecule has 1 aliphatic carbocycles. The second-order valence-electron chi connectivity index (χ2n) is 6.19. The van der Waals surface area contributed by atoms with Gasteiger partial charge in [-0.05, 0) is 38.3 Å². The quantitative estimate of drug-likeness (QED) is 0.796. The molecular weight excluding hydrogens is 258 g/mol. The predicted octanol–water partition coefficient (Wildman–Crippen LogP) is 3.28. The summed E-state index contributed by atoms with van der Waals surface area (Å²) < 4.78 is 0. The third kappa shape index (κ3) is 3.84. The van der Waals surface area contributed by atoms with Crippen molar-refractivity contribution in [1.29, 1.82) is 5.26 Å². The summed E-state index contributed by atoms with van der Waals surface area (Å²) in [4.78, 5) is 2.34. The van der Waals surface area contributed by atoms with Crippen LogP contribution < -0.4 is 5.32 Å². The molecule has 114 valence electrons. The van der Waals surface area contributed by atoms with Gasteiger partial charge in [0.15, 0.2) is 0 Å². The Morgan fingerprint density at radius 1 is 1.29 bits per heavy atom. The molecule has 1 aromatic carbocycles. The average Bonchev–Trinajstić information content (AvgIpc) is 3.32. The number of likely N-dealkylation sites (N-methyl/N-ethyl adjacent to an activating group) is 1. The van der Waals surface area contributed by atoms with E-state index in [0.29, 0.717) is 12.1 Å². The normalized spacial score (nSPS) is 17.7. The largest absolute Gasteiger partial charge is 0.300 e. The highest BCUT2D eigenvalue weighted by atomic mass is 15.2. The first-order chi connectivity index (χ1) is 10.1. The summed E-state index contributed by atoms with van der Waals surface area (Å²) in [5, 5.41) is 13.5. The van der Waals surface area contributed by atoms with E-state index in [1.807, 2.05) is 18.2 Å². The van der Waals surface area contributed by atoms with Crippen LogP contribution in [0.5, 0.6) is 0 Å². The third-order valence-electron chi connectivity index (χ3n) is 4.54. The monoisotopic (exact) mass is 285 g/mol. The molecule has 21 heavy (non-hydrogen) atoms. The fraction of sp³-hybridized carbons (Fsp3) is 0.611. The van der Waals surface area contributed by atoms with Crippen molar-refractivity contribution in [2.45, 2.75) is 57.2 Å². The Kier molecular flexibility index (Phi) is 5.39. The Morgan fingerprint density at radius 2 is 1.90 bits per heavy atom. The zero-order valence-corrected chi connectivity index (χ0v) is 13.5. The maximum Gasteiger partial charge on any atom is 0.145 e. The number of hydrogen-bond donors (Lipinski definition) is 1. The summed E-state index contributed by atoms with van der Waals surface area (Å²) in [6.45, 7) is 5.17. The first kappa shape index (κ1) is 16.0. The van der Waals surface area contributed by atoms with Gasteiger partial charge < -0.3 is 4.90 Å². The summed E-state index contributed by atoms with van der Waals surface area (Å²) in [5.41, 5.74) is 0.483. The van der Waals surface area contributed by atoms with E-state index < -0.39 is 5.54 Å². The van der Waals surface area contributed by atoms with Crippen LogP contribution in [0.2, 0.25) is 0 Å². The van der Waals surface area contributed by atoms with E-state index in [4.69, 9.17) is 0 Å². The van der Waals surface area contributed by atoms with Crippen molar-refractivity contribution in [3.05, 3.63) is 35.9 Å². The topological polar surface area (TPSA) is 39.1 Å². The standard InChI is InChI=1S/C18H27N3/c1-4-17(5-2)21(3)14-18(13-19,20-16-11-12-16)15-9-7-6-8-10-15/h6-10,16-17,20H,4-5,11-12,14H2,1-3H3. The molecule has 3 nitrogen and oxygen atoms in total. The molecule has 2 rings (SSSR count). The van der Waals surface area contributed by atoms with Crippen LogP contribution in [0.3, 0.4) is 0 Å². The van der Waals surface area contributed by atoms with Gasteiger partial charge in [0.2, 0.25) is 0 Å². The van der Waals surface area contributed by atoms with Crippen LogP contribution in [-0.4, -0.2) is 30.6 Å². The Labute approximate surface area is 129 Å². The van der Waals surface area contributed by atoms with Gasteiger partial charge in [0, 0.05) is 18.6 Å². The van der Waals surface area contributed by atoms with E-state index in [1.54, 1.807) is 0 Å². The van der Waals surface area contributed by atoms with Crippen LogP contribution in [0.15, 0.2) is 30.3 Å². The molecule has 1 aromatic rings. The molecule has 1 N–H and O–H groups in total. The number of nitriles is 1. The van der Waals surface area contributed by atoms with E-state index in [0.717, 1.165) is 24.9 Å². The highest BCUT2D eigenvalue weighted by Gasteiger charge is 2.39. The van der Waals surface area contributed by atoms with Crippen molar-refractivity contribution in [2.75, 3.05) is 13.6 Å². The van der Waals surface area contributed by atoms with Gasteiger partial charge in [0.1, 0.15) is 5.54 Å². The minimum Gasteiger partial charge on any atom is -0.300 e. The molecule has 3 heteroatoms. The summed E-state index contributed by atoms with van der Waals surface area (Å²) in [7, 11) is 2.14. The second kappa shape index (κ2) is 7.06. The Bertz CT molecular complexity index is 471. The molecule has 1 fully saturated rings. The maximum atomic E-state index is 9.94. The van der Waals surface area contributed by atoms with Crippen LogP contribution in [0.1, 0.15) is 45.1 Å². The van der Waals surface area contributed by atoms with Gasteiger partial charge in [-0.3, -0.25) is 5.32 Å². The first-order valence-electron chi connectivity index (χ1n) is 8.10. The lowest BCUT2D eigenvalue weighted by Crippen LogP contribution is -2.52. The van der Waals surface area contributed by atoms with Gasteiger partial charge in [-0.2, -0.15) is 5.26 Å². The molecule has 0 aromatic heterocycles. The number of benzene rings is 1. The zero-order chi connectivity index (χ0) is 15.3. The number of hydrogen-bond acceptors (Lipinski definition) is 3. The van der Waals surface area contributed by atoms with Crippen LogP contribution in [0.25, 0.3) is 0 Å². The van der Waals surface area contributed by atoms with Crippen molar-refractivity contribution in [2.24, 2.45) is 0 Å². The molecule has 0 aliphatic heterocycles.